The second-order valence-electron chi connectivity index (χ2n) is 0.0894. The van der Waals surface area contributed by atoms with E-state index < -0.39 is 0 Å². The molecule has 0 heterocycles. The second kappa shape index (κ2) is 18.8. The van der Waals surface area contributed by atoms with Crippen molar-refractivity contribution in [2.24, 2.45) is 0 Å². The molecular weight excluding hydrogens is 272 g/mol. The number of hydrogen-bond donors (Lipinski definition) is 0. The summed E-state index contributed by atoms with van der Waals surface area (Å²) in [6.45, 7) is 0. The summed E-state index contributed by atoms with van der Waals surface area (Å²) in [7, 11) is 0. The average Bonchev–Trinajstić information content (AvgIpc) is 0.918. The summed E-state index contributed by atoms with van der Waals surface area (Å²) in [6, 6.07) is 0. The predicted octanol–water partition coefficient (Wildman–Crippen LogP) is -0.699. The van der Waals surface area contributed by atoms with Crippen molar-refractivity contribution in [2.45, 2.75) is 0 Å². The van der Waals surface area contributed by atoms with Gasteiger partial charge in [-0.25, -0.2) is 0 Å². The Morgan fingerprint density at radius 2 is 1.20 bits per heavy atom. The Labute approximate surface area is 72.0 Å². The Balaban J connectivity index is -0.0000000200. The van der Waals surface area contributed by atoms with Gasteiger partial charge in [-0.15, -0.1) is 0 Å². The molecule has 0 aromatic heterocycles. The van der Waals surface area contributed by atoms with Gasteiger partial charge >= 0.3 is 56.9 Å². The van der Waals surface area contributed by atoms with Gasteiger partial charge in [-0.3, -0.25) is 4.91 Å². The van der Waals surface area contributed by atoms with Gasteiger partial charge in [0.05, 0.1) is 0 Å². The van der Waals surface area contributed by atoms with Crippen LogP contribution in [0.25, 0.3) is 16.0 Å². The Morgan fingerprint density at radius 3 is 1.20 bits per heavy atom. The van der Waals surface area contributed by atoms with Crippen LogP contribution in [-0.2, 0) is 0 Å². The first kappa shape index (κ1) is 16.3. The number of nitrogens with zero attached hydrogens (tertiary/aromatic N) is 3. The molecule has 0 aliphatic heterocycles. The van der Waals surface area contributed by atoms with Crippen LogP contribution >= 0.6 is 0 Å². The third-order valence-corrected chi connectivity index (χ3v) is 0. The van der Waals surface area contributed by atoms with Gasteiger partial charge < -0.3 is 11.1 Å². The minimum atomic E-state index is 0. The average molecular weight is 275 g/mol. The number of hydrogen-bond acceptors (Lipinski definition) is 0. The molecule has 0 fully saturated rings. The zero-order valence-corrected chi connectivity index (χ0v) is 7.55. The van der Waals surface area contributed by atoms with Crippen molar-refractivity contribution in [2.75, 3.05) is 0 Å². The first-order chi connectivity index (χ1) is 1.41. The molecule has 24 valence electrons. The summed E-state index contributed by atoms with van der Waals surface area (Å²) in [5, 5.41) is 0. The number of rotatable bonds is 0. The zero-order valence-electron chi connectivity index (χ0n) is 2.05. The Hall–Kier alpha value is 1.23. The van der Waals surface area contributed by atoms with Gasteiger partial charge in [0, 0.05) is 0 Å². The van der Waals surface area contributed by atoms with E-state index in [1.54, 1.807) is 0 Å². The van der Waals surface area contributed by atoms with Gasteiger partial charge in [-0.1, -0.05) is 0 Å². The molecule has 0 bridgehead atoms. The van der Waals surface area contributed by atoms with Crippen molar-refractivity contribution < 1.29 is 0 Å². The molecule has 0 aromatic rings. The van der Waals surface area contributed by atoms with E-state index in [1.807, 2.05) is 0 Å². The van der Waals surface area contributed by atoms with Crippen molar-refractivity contribution in [3.8, 4) is 0 Å². The molecule has 0 unspecified atom stereocenters. The molecule has 0 amide bonds. The topological polar surface area (TPSA) is 58.7 Å². The Bertz CT molecular complexity index is 27.9. The fourth-order valence-corrected chi connectivity index (χ4v) is 0. The fourth-order valence-electron chi connectivity index (χ4n) is 0. The van der Waals surface area contributed by atoms with E-state index in [2.05, 4.69) is 0 Å². The summed E-state index contributed by atoms with van der Waals surface area (Å²) < 4.78 is 0. The molecule has 0 spiro atoms. The van der Waals surface area contributed by atoms with E-state index >= 15 is 0 Å². The van der Waals surface area contributed by atoms with Crippen LogP contribution in [-0.4, -0.2) is 56.9 Å². The van der Waals surface area contributed by atoms with Crippen molar-refractivity contribution in [3.05, 3.63) is 16.0 Å². The van der Waals surface area contributed by atoms with Crippen LogP contribution in [0.4, 0.5) is 0 Å². The SMILES string of the molecule is [N-]=[N+]=[N-].[NaH].[PbH2]. The van der Waals surface area contributed by atoms with Gasteiger partial charge in [0.15, 0.2) is 0 Å². The van der Waals surface area contributed by atoms with E-state index in [0.29, 0.717) is 0 Å². The molecule has 5 heteroatoms. The monoisotopic (exact) mass is 276 g/mol. The molecule has 0 aliphatic rings. The van der Waals surface area contributed by atoms with Crippen LogP contribution in [0.5, 0.6) is 0 Å². The molecule has 0 aliphatic carbocycles. The standard InChI is InChI=1S/N3.Na.Pb.3H/c1-3-2;;;;;/q-1;;;;;. The normalized spacial score (nSPS) is 1.60. The maximum absolute atomic E-state index is 6.75. The minimum absolute atomic E-state index is 0. The van der Waals surface area contributed by atoms with Crippen LogP contribution in [0.15, 0.2) is 0 Å². The quantitative estimate of drug-likeness (QED) is 0.243. The molecule has 0 aromatic carbocycles. The molecule has 3 nitrogen and oxygen atoms in total. The van der Waals surface area contributed by atoms with Crippen LogP contribution in [0, 0.1) is 0 Å². The summed E-state index contributed by atoms with van der Waals surface area (Å²) in [4.78, 5) is 1.50. The summed E-state index contributed by atoms with van der Waals surface area (Å²) in [5.74, 6) is 0. The molecule has 0 saturated heterocycles. The zero-order chi connectivity index (χ0) is 2.71. The molecule has 5 heavy (non-hydrogen) atoms. The maximum atomic E-state index is 6.75. The van der Waals surface area contributed by atoms with Crippen LogP contribution in [0.3, 0.4) is 0 Å². The van der Waals surface area contributed by atoms with Crippen molar-refractivity contribution in [3.63, 3.8) is 0 Å². The Kier molecular flexibility index (Phi) is 61.4. The fraction of sp³-hybridized carbons (Fsp3) is 0. The van der Waals surface area contributed by atoms with Crippen molar-refractivity contribution >= 4 is 56.9 Å². The molecule has 0 saturated carbocycles. The van der Waals surface area contributed by atoms with Crippen LogP contribution < -0.4 is 0 Å². The summed E-state index contributed by atoms with van der Waals surface area (Å²) in [6.07, 6.45) is 0. The van der Waals surface area contributed by atoms with E-state index in [0.717, 1.165) is 0 Å². The molecule has 0 rings (SSSR count). The Morgan fingerprint density at radius 1 is 1.20 bits per heavy atom. The molecular formula is H3N3NaPb-. The van der Waals surface area contributed by atoms with E-state index in [4.69, 9.17) is 11.1 Å². The van der Waals surface area contributed by atoms with Gasteiger partial charge in [-0.05, 0) is 0 Å². The van der Waals surface area contributed by atoms with Crippen LogP contribution in [0.2, 0.25) is 0 Å². The molecule has 0 N–H and O–H groups in total. The molecule has 2 radical (unpaired) electrons. The third kappa shape index (κ3) is 36.0. The van der Waals surface area contributed by atoms with E-state index in [1.165, 1.54) is 4.91 Å². The van der Waals surface area contributed by atoms with Gasteiger partial charge in [0.2, 0.25) is 0 Å². The van der Waals surface area contributed by atoms with E-state index in [-0.39, 0.29) is 56.9 Å². The first-order valence-corrected chi connectivity index (χ1v) is 0.400. The second-order valence-corrected chi connectivity index (χ2v) is 0.0894. The van der Waals surface area contributed by atoms with Gasteiger partial charge in [0.1, 0.15) is 0 Å². The van der Waals surface area contributed by atoms with Crippen molar-refractivity contribution in [1.29, 1.82) is 0 Å². The first-order valence-electron chi connectivity index (χ1n) is 0.400. The third-order valence-electron chi connectivity index (χ3n) is 0. The van der Waals surface area contributed by atoms with Gasteiger partial charge in [0.25, 0.3) is 0 Å². The summed E-state index contributed by atoms with van der Waals surface area (Å²) >= 11 is 0. The summed E-state index contributed by atoms with van der Waals surface area (Å²) in [5.41, 5.74) is 13.5. The van der Waals surface area contributed by atoms with Crippen molar-refractivity contribution in [1.82, 2.24) is 0 Å². The predicted molar refractivity (Wildman–Crippen MR) is 25.8 cm³/mol. The van der Waals surface area contributed by atoms with E-state index in [9.17, 15) is 0 Å². The molecule has 0 atom stereocenters. The van der Waals surface area contributed by atoms with Crippen LogP contribution in [0.1, 0.15) is 0 Å². The van der Waals surface area contributed by atoms with Gasteiger partial charge in [-0.2, -0.15) is 0 Å².